The molecule has 0 spiro atoms. The molecule has 27 heavy (non-hydrogen) atoms. The number of allylic oxidation sites excluding steroid dienone is 1. The summed E-state index contributed by atoms with van der Waals surface area (Å²) >= 11 is 0. The standard InChI is InChI=1S/C23H25N3O/c1-3-21(16-25-22-7-4-8-22)26-23(27)20-11-9-17(2)19(14-20)12-10-18-6-5-13-24-15-18/h5-6,9,11,13-16,22,25H,3-4,7-8H2,1-2H3,(H,26,27)/b21-16+. The van der Waals surface area contributed by atoms with E-state index in [-0.39, 0.29) is 5.91 Å². The zero-order chi connectivity index (χ0) is 19.1. The van der Waals surface area contributed by atoms with Gasteiger partial charge in [0.2, 0.25) is 0 Å². The van der Waals surface area contributed by atoms with E-state index in [1.165, 1.54) is 19.3 Å². The fourth-order valence-electron chi connectivity index (χ4n) is 2.71. The van der Waals surface area contributed by atoms with Crippen LogP contribution in [-0.2, 0) is 0 Å². The summed E-state index contributed by atoms with van der Waals surface area (Å²) in [5.74, 6) is 6.14. The molecule has 1 heterocycles. The number of aromatic nitrogens is 1. The molecule has 0 unspecified atom stereocenters. The number of nitrogens with one attached hydrogen (secondary N) is 2. The molecule has 1 aromatic heterocycles. The van der Waals surface area contributed by atoms with Gasteiger partial charge in [-0.1, -0.05) is 24.8 Å². The van der Waals surface area contributed by atoms with Crippen LogP contribution in [0.2, 0.25) is 0 Å². The molecule has 2 aromatic rings. The van der Waals surface area contributed by atoms with Gasteiger partial charge in [-0.05, 0) is 62.4 Å². The number of carbonyl (C=O) groups excluding carboxylic acids is 1. The Bertz CT molecular complexity index is 887. The largest absolute Gasteiger partial charge is 0.387 e. The highest BCUT2D eigenvalue weighted by molar-refractivity contribution is 5.95. The minimum atomic E-state index is -0.108. The second-order valence-corrected chi connectivity index (χ2v) is 6.79. The molecule has 0 aliphatic heterocycles. The van der Waals surface area contributed by atoms with E-state index in [4.69, 9.17) is 0 Å². The van der Waals surface area contributed by atoms with Gasteiger partial charge in [-0.3, -0.25) is 9.78 Å². The van der Waals surface area contributed by atoms with E-state index >= 15 is 0 Å². The summed E-state index contributed by atoms with van der Waals surface area (Å²) in [6, 6.07) is 9.95. The van der Waals surface area contributed by atoms with E-state index in [2.05, 4.69) is 27.5 Å². The van der Waals surface area contributed by atoms with Gasteiger partial charge in [0.1, 0.15) is 0 Å². The minimum Gasteiger partial charge on any atom is -0.387 e. The van der Waals surface area contributed by atoms with Gasteiger partial charge in [0.25, 0.3) is 5.91 Å². The lowest BCUT2D eigenvalue weighted by Gasteiger charge is -2.26. The Hall–Kier alpha value is -3.06. The zero-order valence-electron chi connectivity index (χ0n) is 15.9. The molecule has 1 aliphatic rings. The fraction of sp³-hybridized carbons (Fsp3) is 0.304. The lowest BCUT2D eigenvalue weighted by atomic mass is 9.93. The number of benzene rings is 1. The molecule has 0 radical (unpaired) electrons. The van der Waals surface area contributed by atoms with Gasteiger partial charge < -0.3 is 10.6 Å². The normalized spacial score (nSPS) is 13.9. The van der Waals surface area contributed by atoms with Crippen LogP contribution < -0.4 is 10.6 Å². The SMILES string of the molecule is CC/C(=C\NC1CCC1)NC(=O)c1ccc(C)c(C#Cc2cccnc2)c1. The Balaban J connectivity index is 1.72. The van der Waals surface area contributed by atoms with Gasteiger partial charge in [-0.25, -0.2) is 0 Å². The molecule has 1 saturated carbocycles. The van der Waals surface area contributed by atoms with Crippen molar-refractivity contribution in [2.24, 2.45) is 0 Å². The molecule has 138 valence electrons. The summed E-state index contributed by atoms with van der Waals surface area (Å²) < 4.78 is 0. The van der Waals surface area contributed by atoms with E-state index in [0.717, 1.165) is 28.8 Å². The third-order valence-electron chi connectivity index (χ3n) is 4.76. The first kappa shape index (κ1) is 18.7. The number of hydrogen-bond acceptors (Lipinski definition) is 3. The highest BCUT2D eigenvalue weighted by Gasteiger charge is 2.15. The van der Waals surface area contributed by atoms with Crippen LogP contribution in [0.15, 0.2) is 54.6 Å². The number of rotatable bonds is 5. The van der Waals surface area contributed by atoms with Crippen LogP contribution >= 0.6 is 0 Å². The number of aryl methyl sites for hydroxylation is 1. The summed E-state index contributed by atoms with van der Waals surface area (Å²) in [5.41, 5.74) is 4.25. The van der Waals surface area contributed by atoms with E-state index in [1.54, 1.807) is 12.4 Å². The predicted octanol–water partition coefficient (Wildman–Crippen LogP) is 3.91. The average Bonchev–Trinajstić information content (AvgIpc) is 2.66. The van der Waals surface area contributed by atoms with E-state index < -0.39 is 0 Å². The van der Waals surface area contributed by atoms with Gasteiger partial charge in [0.05, 0.1) is 0 Å². The lowest BCUT2D eigenvalue weighted by Crippen LogP contribution is -2.33. The molecule has 1 amide bonds. The molecule has 4 nitrogen and oxygen atoms in total. The Labute approximate surface area is 161 Å². The summed E-state index contributed by atoms with van der Waals surface area (Å²) in [5, 5.41) is 6.39. The summed E-state index contributed by atoms with van der Waals surface area (Å²) in [7, 11) is 0. The maximum Gasteiger partial charge on any atom is 0.255 e. The topological polar surface area (TPSA) is 54.0 Å². The second kappa shape index (κ2) is 9.05. The number of carbonyl (C=O) groups is 1. The van der Waals surface area contributed by atoms with Crippen molar-refractivity contribution < 1.29 is 4.79 Å². The van der Waals surface area contributed by atoms with Crippen LogP contribution in [0.3, 0.4) is 0 Å². The Morgan fingerprint density at radius 3 is 2.81 bits per heavy atom. The highest BCUT2D eigenvalue weighted by Crippen LogP contribution is 2.18. The van der Waals surface area contributed by atoms with Gasteiger partial charge in [0, 0.05) is 47.0 Å². The maximum atomic E-state index is 12.6. The van der Waals surface area contributed by atoms with Crippen molar-refractivity contribution in [1.82, 2.24) is 15.6 Å². The van der Waals surface area contributed by atoms with Crippen LogP contribution in [0.5, 0.6) is 0 Å². The Morgan fingerprint density at radius 2 is 2.15 bits per heavy atom. The van der Waals surface area contributed by atoms with Crippen molar-refractivity contribution in [2.45, 2.75) is 45.6 Å². The van der Waals surface area contributed by atoms with Crippen LogP contribution in [0.25, 0.3) is 0 Å². The molecule has 0 saturated heterocycles. The molecule has 1 aromatic carbocycles. The molecular weight excluding hydrogens is 334 g/mol. The molecule has 1 aliphatic carbocycles. The van der Waals surface area contributed by atoms with E-state index in [0.29, 0.717) is 11.6 Å². The summed E-state index contributed by atoms with van der Waals surface area (Å²) in [6.45, 7) is 4.03. The molecule has 0 bridgehead atoms. The highest BCUT2D eigenvalue weighted by atomic mass is 16.1. The number of hydrogen-bond donors (Lipinski definition) is 2. The molecule has 0 atom stereocenters. The maximum absolute atomic E-state index is 12.6. The van der Waals surface area contributed by atoms with Gasteiger partial charge >= 0.3 is 0 Å². The second-order valence-electron chi connectivity index (χ2n) is 6.79. The van der Waals surface area contributed by atoms with Crippen LogP contribution in [-0.4, -0.2) is 16.9 Å². The third kappa shape index (κ3) is 5.21. The molecule has 3 rings (SSSR count). The van der Waals surface area contributed by atoms with E-state index in [1.807, 2.05) is 50.4 Å². The van der Waals surface area contributed by atoms with Crippen molar-refractivity contribution in [3.63, 3.8) is 0 Å². The first-order valence-electron chi connectivity index (χ1n) is 9.45. The quantitative estimate of drug-likeness (QED) is 0.796. The Morgan fingerprint density at radius 1 is 1.30 bits per heavy atom. The summed E-state index contributed by atoms with van der Waals surface area (Å²) in [4.78, 5) is 16.7. The molecule has 2 N–H and O–H groups in total. The smallest absolute Gasteiger partial charge is 0.255 e. The van der Waals surface area contributed by atoms with Crippen LogP contribution in [0, 0.1) is 18.8 Å². The Kier molecular flexibility index (Phi) is 6.27. The third-order valence-corrected chi connectivity index (χ3v) is 4.76. The van der Waals surface area contributed by atoms with Crippen molar-refractivity contribution in [1.29, 1.82) is 0 Å². The van der Waals surface area contributed by atoms with Crippen molar-refractivity contribution >= 4 is 5.91 Å². The summed E-state index contributed by atoms with van der Waals surface area (Å²) in [6.07, 6.45) is 9.86. The number of amides is 1. The van der Waals surface area contributed by atoms with Gasteiger partial charge in [-0.2, -0.15) is 0 Å². The van der Waals surface area contributed by atoms with Crippen LogP contribution in [0.1, 0.15) is 59.7 Å². The molecule has 1 fully saturated rings. The fourth-order valence-corrected chi connectivity index (χ4v) is 2.71. The molecular formula is C23H25N3O. The van der Waals surface area contributed by atoms with Gasteiger partial charge in [0.15, 0.2) is 0 Å². The zero-order valence-corrected chi connectivity index (χ0v) is 15.9. The van der Waals surface area contributed by atoms with Crippen molar-refractivity contribution in [3.8, 4) is 11.8 Å². The van der Waals surface area contributed by atoms with Crippen LogP contribution in [0.4, 0.5) is 0 Å². The van der Waals surface area contributed by atoms with Gasteiger partial charge in [-0.15, -0.1) is 0 Å². The number of nitrogens with zero attached hydrogens (tertiary/aromatic N) is 1. The first-order chi connectivity index (χ1) is 13.2. The molecule has 4 heteroatoms. The predicted molar refractivity (Wildman–Crippen MR) is 108 cm³/mol. The van der Waals surface area contributed by atoms with Crippen molar-refractivity contribution in [3.05, 3.63) is 76.9 Å². The lowest BCUT2D eigenvalue weighted by molar-refractivity contribution is 0.0964. The minimum absolute atomic E-state index is 0.108. The van der Waals surface area contributed by atoms with Crippen molar-refractivity contribution in [2.75, 3.05) is 0 Å². The van der Waals surface area contributed by atoms with E-state index in [9.17, 15) is 4.79 Å². The number of pyridine rings is 1. The first-order valence-corrected chi connectivity index (χ1v) is 9.45. The average molecular weight is 359 g/mol. The monoisotopic (exact) mass is 359 g/mol.